The SMILES string of the molecule is CC(C)Nc1nccc(C(=O)Nc2ccc(OCc3ccc(Cl)cc3)cc2)n1. The van der Waals surface area contributed by atoms with Gasteiger partial charge < -0.3 is 15.4 Å². The van der Waals surface area contributed by atoms with Gasteiger partial charge in [-0.15, -0.1) is 0 Å². The summed E-state index contributed by atoms with van der Waals surface area (Å²) in [6, 6.07) is 16.4. The number of carbonyl (C=O) groups is 1. The highest BCUT2D eigenvalue weighted by molar-refractivity contribution is 6.30. The average molecular weight is 397 g/mol. The van der Waals surface area contributed by atoms with Crippen molar-refractivity contribution in [3.63, 3.8) is 0 Å². The molecule has 6 nitrogen and oxygen atoms in total. The highest BCUT2D eigenvalue weighted by Gasteiger charge is 2.10. The van der Waals surface area contributed by atoms with Crippen LogP contribution in [0.1, 0.15) is 29.9 Å². The van der Waals surface area contributed by atoms with Gasteiger partial charge in [0.05, 0.1) is 0 Å². The van der Waals surface area contributed by atoms with Crippen LogP contribution in [0.25, 0.3) is 0 Å². The number of carbonyl (C=O) groups excluding carboxylic acids is 1. The van der Waals surface area contributed by atoms with Crippen molar-refractivity contribution < 1.29 is 9.53 Å². The zero-order valence-corrected chi connectivity index (χ0v) is 16.4. The number of nitrogens with zero attached hydrogens (tertiary/aromatic N) is 2. The number of amides is 1. The molecule has 1 heterocycles. The van der Waals surface area contributed by atoms with Crippen LogP contribution in [0.2, 0.25) is 5.02 Å². The Morgan fingerprint density at radius 2 is 1.79 bits per heavy atom. The minimum Gasteiger partial charge on any atom is -0.489 e. The second kappa shape index (κ2) is 9.19. The summed E-state index contributed by atoms with van der Waals surface area (Å²) in [5.41, 5.74) is 1.97. The molecule has 0 aliphatic rings. The fourth-order valence-corrected chi connectivity index (χ4v) is 2.52. The monoisotopic (exact) mass is 396 g/mol. The normalized spacial score (nSPS) is 10.6. The first-order valence-electron chi connectivity index (χ1n) is 8.88. The van der Waals surface area contributed by atoms with Crippen LogP contribution in [0, 0.1) is 0 Å². The third-order valence-electron chi connectivity index (χ3n) is 3.74. The number of nitrogens with one attached hydrogen (secondary N) is 2. The van der Waals surface area contributed by atoms with Crippen molar-refractivity contribution in [2.45, 2.75) is 26.5 Å². The molecule has 0 radical (unpaired) electrons. The molecule has 7 heteroatoms. The lowest BCUT2D eigenvalue weighted by atomic mass is 10.2. The molecule has 2 aromatic carbocycles. The second-order valence-electron chi connectivity index (χ2n) is 6.46. The highest BCUT2D eigenvalue weighted by Crippen LogP contribution is 2.18. The lowest BCUT2D eigenvalue weighted by Crippen LogP contribution is -2.17. The first-order chi connectivity index (χ1) is 13.5. The fourth-order valence-electron chi connectivity index (χ4n) is 2.39. The van der Waals surface area contributed by atoms with E-state index in [1.807, 2.05) is 38.1 Å². The average Bonchev–Trinajstić information content (AvgIpc) is 2.68. The van der Waals surface area contributed by atoms with Gasteiger partial charge in [-0.05, 0) is 61.9 Å². The number of hydrogen-bond donors (Lipinski definition) is 2. The van der Waals surface area contributed by atoms with Crippen LogP contribution in [0.15, 0.2) is 60.8 Å². The van der Waals surface area contributed by atoms with Gasteiger partial charge in [0.1, 0.15) is 18.1 Å². The predicted octanol–water partition coefficient (Wildman–Crippen LogP) is 4.78. The van der Waals surface area contributed by atoms with Crippen LogP contribution in [0.5, 0.6) is 5.75 Å². The van der Waals surface area contributed by atoms with Crippen LogP contribution < -0.4 is 15.4 Å². The van der Waals surface area contributed by atoms with E-state index in [4.69, 9.17) is 16.3 Å². The van der Waals surface area contributed by atoms with E-state index in [1.165, 1.54) is 0 Å². The summed E-state index contributed by atoms with van der Waals surface area (Å²) in [5.74, 6) is 0.830. The quantitative estimate of drug-likeness (QED) is 0.601. The summed E-state index contributed by atoms with van der Waals surface area (Å²) in [6.45, 7) is 4.40. The molecule has 0 fully saturated rings. The Kier molecular flexibility index (Phi) is 6.45. The van der Waals surface area contributed by atoms with Crippen LogP contribution >= 0.6 is 11.6 Å². The Balaban J connectivity index is 1.57. The Morgan fingerprint density at radius 1 is 1.07 bits per heavy atom. The molecule has 1 amide bonds. The van der Waals surface area contributed by atoms with E-state index in [1.54, 1.807) is 36.5 Å². The summed E-state index contributed by atoms with van der Waals surface area (Å²) in [6.07, 6.45) is 1.56. The summed E-state index contributed by atoms with van der Waals surface area (Å²) in [4.78, 5) is 20.7. The van der Waals surface area contributed by atoms with E-state index in [0.29, 0.717) is 34.7 Å². The Labute approximate surface area is 168 Å². The van der Waals surface area contributed by atoms with Crippen LogP contribution in [0.4, 0.5) is 11.6 Å². The first-order valence-corrected chi connectivity index (χ1v) is 9.25. The van der Waals surface area contributed by atoms with Crippen molar-refractivity contribution in [1.29, 1.82) is 0 Å². The molecule has 0 aliphatic heterocycles. The largest absolute Gasteiger partial charge is 0.489 e. The Hall–Kier alpha value is -3.12. The zero-order valence-electron chi connectivity index (χ0n) is 15.6. The van der Waals surface area contributed by atoms with Gasteiger partial charge in [0, 0.05) is 22.9 Å². The maximum Gasteiger partial charge on any atom is 0.274 e. The molecule has 1 aromatic heterocycles. The van der Waals surface area contributed by atoms with E-state index in [0.717, 1.165) is 5.56 Å². The Morgan fingerprint density at radius 3 is 2.46 bits per heavy atom. The van der Waals surface area contributed by atoms with Crippen molar-refractivity contribution in [1.82, 2.24) is 9.97 Å². The zero-order chi connectivity index (χ0) is 19.9. The van der Waals surface area contributed by atoms with E-state index >= 15 is 0 Å². The van der Waals surface area contributed by atoms with Crippen molar-refractivity contribution in [2.75, 3.05) is 10.6 Å². The number of ether oxygens (including phenoxy) is 1. The molecule has 0 aliphatic carbocycles. The third-order valence-corrected chi connectivity index (χ3v) is 3.99. The summed E-state index contributed by atoms with van der Waals surface area (Å²) >= 11 is 5.88. The third kappa shape index (κ3) is 5.69. The van der Waals surface area contributed by atoms with Crippen molar-refractivity contribution in [3.8, 4) is 5.75 Å². The number of benzene rings is 2. The predicted molar refractivity (Wildman–Crippen MR) is 111 cm³/mol. The molecule has 2 N–H and O–H groups in total. The van der Waals surface area contributed by atoms with E-state index in [2.05, 4.69) is 20.6 Å². The van der Waals surface area contributed by atoms with Gasteiger partial charge in [0.2, 0.25) is 5.95 Å². The lowest BCUT2D eigenvalue weighted by Gasteiger charge is -2.10. The summed E-state index contributed by atoms with van der Waals surface area (Å²) < 4.78 is 5.74. The van der Waals surface area contributed by atoms with Crippen molar-refractivity contribution in [2.24, 2.45) is 0 Å². The van der Waals surface area contributed by atoms with Gasteiger partial charge in [-0.2, -0.15) is 0 Å². The number of hydrogen-bond acceptors (Lipinski definition) is 5. The summed E-state index contributed by atoms with van der Waals surface area (Å²) in [7, 11) is 0. The maximum absolute atomic E-state index is 12.4. The molecule has 0 unspecified atom stereocenters. The van der Waals surface area contributed by atoms with Gasteiger partial charge >= 0.3 is 0 Å². The van der Waals surface area contributed by atoms with Crippen LogP contribution in [0.3, 0.4) is 0 Å². The van der Waals surface area contributed by atoms with Crippen LogP contribution in [-0.4, -0.2) is 21.9 Å². The molecule has 3 aromatic rings. The van der Waals surface area contributed by atoms with E-state index in [-0.39, 0.29) is 11.9 Å². The maximum atomic E-state index is 12.4. The van der Waals surface area contributed by atoms with Gasteiger partial charge in [-0.1, -0.05) is 23.7 Å². The number of anilines is 2. The lowest BCUT2D eigenvalue weighted by molar-refractivity contribution is 0.102. The minimum atomic E-state index is -0.302. The molecule has 28 heavy (non-hydrogen) atoms. The molecule has 3 rings (SSSR count). The molecular formula is C21H21ClN4O2. The van der Waals surface area contributed by atoms with Gasteiger partial charge in [-0.3, -0.25) is 4.79 Å². The van der Waals surface area contributed by atoms with Crippen molar-refractivity contribution in [3.05, 3.63) is 77.1 Å². The minimum absolute atomic E-state index is 0.179. The molecule has 0 saturated carbocycles. The van der Waals surface area contributed by atoms with Gasteiger partial charge in [0.25, 0.3) is 5.91 Å². The smallest absolute Gasteiger partial charge is 0.274 e. The molecular weight excluding hydrogens is 376 g/mol. The molecule has 0 saturated heterocycles. The molecule has 0 spiro atoms. The van der Waals surface area contributed by atoms with Gasteiger partial charge in [0.15, 0.2) is 0 Å². The van der Waals surface area contributed by atoms with E-state index in [9.17, 15) is 4.79 Å². The van der Waals surface area contributed by atoms with E-state index < -0.39 is 0 Å². The highest BCUT2D eigenvalue weighted by atomic mass is 35.5. The van der Waals surface area contributed by atoms with Gasteiger partial charge in [-0.25, -0.2) is 9.97 Å². The van der Waals surface area contributed by atoms with Crippen LogP contribution in [-0.2, 0) is 6.61 Å². The summed E-state index contributed by atoms with van der Waals surface area (Å²) in [5, 5.41) is 6.59. The molecule has 144 valence electrons. The Bertz CT molecular complexity index is 928. The number of aromatic nitrogens is 2. The first kappa shape index (κ1) is 19.6. The second-order valence-corrected chi connectivity index (χ2v) is 6.89. The number of halogens is 1. The molecule has 0 bridgehead atoms. The molecule has 0 atom stereocenters. The standard InChI is InChI=1S/C21H21ClN4O2/c1-14(2)24-21-23-12-11-19(26-21)20(27)25-17-7-9-18(10-8-17)28-13-15-3-5-16(22)6-4-15/h3-12,14H,13H2,1-2H3,(H,25,27)(H,23,24,26). The number of rotatable bonds is 7. The van der Waals surface area contributed by atoms with Crippen molar-refractivity contribution >= 4 is 29.1 Å². The fraction of sp³-hybridized carbons (Fsp3) is 0.190. The topological polar surface area (TPSA) is 76.1 Å².